The third-order valence-corrected chi connectivity index (χ3v) is 6.80. The highest BCUT2D eigenvalue weighted by molar-refractivity contribution is 8.00. The Kier molecular flexibility index (Phi) is 8.24. The number of nitrogens with zero attached hydrogens (tertiary/aromatic N) is 2. The minimum absolute atomic E-state index is 0.00542. The van der Waals surface area contributed by atoms with E-state index < -0.39 is 0 Å². The first-order chi connectivity index (χ1) is 13.1. The number of carbonyl (C=O) groups is 1. The van der Waals surface area contributed by atoms with Crippen LogP contribution in [0.4, 0.5) is 0 Å². The fourth-order valence-corrected chi connectivity index (χ4v) is 5.02. The van der Waals surface area contributed by atoms with Crippen molar-refractivity contribution in [2.45, 2.75) is 16.5 Å². The van der Waals surface area contributed by atoms with Gasteiger partial charge in [0.25, 0.3) is 0 Å². The predicted molar refractivity (Wildman–Crippen MR) is 112 cm³/mol. The van der Waals surface area contributed by atoms with Crippen molar-refractivity contribution in [1.29, 1.82) is 0 Å². The first-order valence-electron chi connectivity index (χ1n) is 8.68. The van der Waals surface area contributed by atoms with E-state index in [9.17, 15) is 4.79 Å². The summed E-state index contributed by atoms with van der Waals surface area (Å²) in [4.78, 5) is 18.9. The summed E-state index contributed by atoms with van der Waals surface area (Å²) in [6.45, 7) is 4.91. The van der Waals surface area contributed by atoms with Crippen LogP contribution >= 0.6 is 46.3 Å². The van der Waals surface area contributed by atoms with Crippen molar-refractivity contribution in [3.8, 4) is 0 Å². The van der Waals surface area contributed by atoms with Gasteiger partial charge in [0.05, 0.1) is 25.3 Å². The maximum atomic E-state index is 12.1. The molecule has 1 aliphatic heterocycles. The predicted octanol–water partition coefficient (Wildman–Crippen LogP) is 3.73. The number of aromatic nitrogens is 1. The van der Waals surface area contributed by atoms with E-state index in [1.54, 1.807) is 29.2 Å². The Labute approximate surface area is 177 Å². The smallest absolute Gasteiger partial charge is 0.226 e. The third-order valence-electron chi connectivity index (χ3n) is 4.09. The topological polar surface area (TPSA) is 54.5 Å². The van der Waals surface area contributed by atoms with Gasteiger partial charge in [0.15, 0.2) is 0 Å². The molecule has 146 valence electrons. The van der Waals surface area contributed by atoms with Crippen molar-refractivity contribution in [1.82, 2.24) is 15.2 Å². The molecule has 1 fully saturated rings. The molecule has 1 N–H and O–H groups in total. The SMILES string of the molecule is O=C(Cc1csc(SCc2ccc(Cl)cc2Cl)n1)NCCN1CCOCC1. The molecule has 0 spiro atoms. The van der Waals surface area contributed by atoms with Crippen LogP contribution in [-0.2, 0) is 21.7 Å². The fourth-order valence-electron chi connectivity index (χ4n) is 2.62. The van der Waals surface area contributed by atoms with Crippen LogP contribution in [0, 0.1) is 0 Å². The lowest BCUT2D eigenvalue weighted by Crippen LogP contribution is -2.41. The number of morpholine rings is 1. The maximum Gasteiger partial charge on any atom is 0.226 e. The number of thiazole rings is 1. The van der Waals surface area contributed by atoms with E-state index in [1.165, 1.54) is 0 Å². The van der Waals surface area contributed by atoms with Crippen LogP contribution in [0.3, 0.4) is 0 Å². The number of thioether (sulfide) groups is 1. The van der Waals surface area contributed by atoms with Crippen molar-refractivity contribution in [2.75, 3.05) is 39.4 Å². The molecular weight excluding hydrogens is 425 g/mol. The Bertz CT molecular complexity index is 767. The molecule has 0 atom stereocenters. The normalized spacial score (nSPS) is 15.0. The van der Waals surface area contributed by atoms with Crippen LogP contribution < -0.4 is 5.32 Å². The first kappa shape index (κ1) is 20.9. The second-order valence-electron chi connectivity index (χ2n) is 6.11. The van der Waals surface area contributed by atoms with Crippen LogP contribution in [0.1, 0.15) is 11.3 Å². The zero-order valence-electron chi connectivity index (χ0n) is 14.7. The Morgan fingerprint density at radius 2 is 2.15 bits per heavy atom. The van der Waals surface area contributed by atoms with E-state index in [0.29, 0.717) is 28.8 Å². The maximum absolute atomic E-state index is 12.1. The number of ether oxygens (including phenoxy) is 1. The molecule has 1 aliphatic rings. The lowest BCUT2D eigenvalue weighted by molar-refractivity contribution is -0.120. The summed E-state index contributed by atoms with van der Waals surface area (Å²) in [5.41, 5.74) is 1.82. The largest absolute Gasteiger partial charge is 0.379 e. The summed E-state index contributed by atoms with van der Waals surface area (Å²) >= 11 is 15.3. The van der Waals surface area contributed by atoms with Crippen molar-refractivity contribution >= 4 is 52.2 Å². The molecule has 0 bridgehead atoms. The zero-order valence-corrected chi connectivity index (χ0v) is 17.9. The lowest BCUT2D eigenvalue weighted by Gasteiger charge is -2.26. The van der Waals surface area contributed by atoms with Gasteiger partial charge in [-0.05, 0) is 17.7 Å². The molecule has 2 aromatic rings. The molecule has 2 heterocycles. The van der Waals surface area contributed by atoms with Gasteiger partial charge in [-0.15, -0.1) is 11.3 Å². The quantitative estimate of drug-likeness (QED) is 0.627. The van der Waals surface area contributed by atoms with E-state index in [2.05, 4.69) is 15.2 Å². The van der Waals surface area contributed by atoms with Crippen LogP contribution in [0.15, 0.2) is 27.9 Å². The summed E-state index contributed by atoms with van der Waals surface area (Å²) in [6, 6.07) is 5.50. The molecule has 3 rings (SSSR count). The molecule has 0 aliphatic carbocycles. The van der Waals surface area contributed by atoms with E-state index in [1.807, 2.05) is 17.5 Å². The number of benzene rings is 1. The molecule has 27 heavy (non-hydrogen) atoms. The monoisotopic (exact) mass is 445 g/mol. The minimum atomic E-state index is 0.00542. The fraction of sp³-hybridized carbons (Fsp3) is 0.444. The molecular formula is C18H21Cl2N3O2S2. The number of rotatable bonds is 8. The van der Waals surface area contributed by atoms with E-state index in [0.717, 1.165) is 48.4 Å². The summed E-state index contributed by atoms with van der Waals surface area (Å²) in [6.07, 6.45) is 0.307. The summed E-state index contributed by atoms with van der Waals surface area (Å²) in [7, 11) is 0. The van der Waals surface area contributed by atoms with Gasteiger partial charge in [-0.1, -0.05) is 41.0 Å². The van der Waals surface area contributed by atoms with Gasteiger partial charge in [0.2, 0.25) is 5.91 Å². The Morgan fingerprint density at radius 1 is 1.33 bits per heavy atom. The van der Waals surface area contributed by atoms with Crippen LogP contribution in [0.25, 0.3) is 0 Å². The number of carbonyl (C=O) groups excluding carboxylic acids is 1. The second kappa shape index (κ2) is 10.6. The number of amides is 1. The van der Waals surface area contributed by atoms with Gasteiger partial charge in [-0.3, -0.25) is 9.69 Å². The highest BCUT2D eigenvalue weighted by Crippen LogP contribution is 2.30. The van der Waals surface area contributed by atoms with E-state index in [4.69, 9.17) is 27.9 Å². The Hall–Kier alpha value is -0.830. The number of nitrogens with one attached hydrogen (secondary N) is 1. The number of halogens is 2. The standard InChI is InChI=1S/C18H21Cl2N3O2S2/c19-14-2-1-13(16(20)9-14)11-26-18-22-15(12-27-18)10-17(24)21-3-4-23-5-7-25-8-6-23/h1-2,9,12H,3-8,10-11H2,(H,21,24). The van der Waals surface area contributed by atoms with Crippen molar-refractivity contribution in [3.05, 3.63) is 44.9 Å². The van der Waals surface area contributed by atoms with Crippen LogP contribution in [0.2, 0.25) is 10.0 Å². The van der Waals surface area contributed by atoms with Crippen molar-refractivity contribution in [2.24, 2.45) is 0 Å². The van der Waals surface area contributed by atoms with Gasteiger partial charge in [0.1, 0.15) is 4.34 Å². The average molecular weight is 446 g/mol. The third kappa shape index (κ3) is 6.93. The van der Waals surface area contributed by atoms with Crippen LogP contribution in [-0.4, -0.2) is 55.2 Å². The van der Waals surface area contributed by atoms with E-state index >= 15 is 0 Å². The van der Waals surface area contributed by atoms with Gasteiger partial charge in [-0.2, -0.15) is 0 Å². The molecule has 0 unspecified atom stereocenters. The van der Waals surface area contributed by atoms with Crippen LogP contribution in [0.5, 0.6) is 0 Å². The summed E-state index contributed by atoms with van der Waals surface area (Å²) in [5.74, 6) is 0.722. The van der Waals surface area contributed by atoms with Gasteiger partial charge in [0, 0.05) is 47.4 Å². The summed E-state index contributed by atoms with van der Waals surface area (Å²) < 4.78 is 6.24. The number of hydrogen-bond donors (Lipinski definition) is 1. The second-order valence-corrected chi connectivity index (χ2v) is 9.03. The molecule has 1 saturated heterocycles. The molecule has 1 aromatic heterocycles. The van der Waals surface area contributed by atoms with Gasteiger partial charge >= 0.3 is 0 Å². The number of hydrogen-bond acceptors (Lipinski definition) is 6. The molecule has 0 saturated carbocycles. The molecule has 5 nitrogen and oxygen atoms in total. The molecule has 0 radical (unpaired) electrons. The molecule has 9 heteroatoms. The van der Waals surface area contributed by atoms with Crippen molar-refractivity contribution < 1.29 is 9.53 Å². The van der Waals surface area contributed by atoms with Crippen molar-refractivity contribution in [3.63, 3.8) is 0 Å². The Morgan fingerprint density at radius 3 is 2.93 bits per heavy atom. The zero-order chi connectivity index (χ0) is 19.1. The van der Waals surface area contributed by atoms with Gasteiger partial charge in [-0.25, -0.2) is 4.98 Å². The average Bonchev–Trinajstić information content (AvgIpc) is 3.09. The lowest BCUT2D eigenvalue weighted by atomic mass is 10.2. The first-order valence-corrected chi connectivity index (χ1v) is 11.3. The Balaban J connectivity index is 1.39. The van der Waals surface area contributed by atoms with E-state index in [-0.39, 0.29) is 5.91 Å². The highest BCUT2D eigenvalue weighted by atomic mass is 35.5. The summed E-state index contributed by atoms with van der Waals surface area (Å²) in [5, 5.41) is 6.19. The minimum Gasteiger partial charge on any atom is -0.379 e. The van der Waals surface area contributed by atoms with Gasteiger partial charge < -0.3 is 10.1 Å². The molecule has 1 aromatic carbocycles. The molecule has 1 amide bonds. The highest BCUT2D eigenvalue weighted by Gasteiger charge is 2.12.